The first-order chi connectivity index (χ1) is 14.5. The fraction of sp³-hybridized carbons (Fsp3) is 0.458. The number of hydrogen-bond donors (Lipinski definition) is 3. The average Bonchev–Trinajstić information content (AvgIpc) is 2.75. The van der Waals surface area contributed by atoms with E-state index in [1.165, 1.54) is 12.1 Å². The maximum Gasteiger partial charge on any atom is 0.279 e. The van der Waals surface area contributed by atoms with Gasteiger partial charge in [0.25, 0.3) is 5.91 Å². The van der Waals surface area contributed by atoms with Gasteiger partial charge in [0.15, 0.2) is 6.54 Å². The predicted molar refractivity (Wildman–Crippen MR) is 113 cm³/mol. The second kappa shape index (κ2) is 8.74. The number of ether oxygens (including phenoxy) is 1. The lowest BCUT2D eigenvalue weighted by atomic mass is 9.66. The minimum Gasteiger partial charge on any atom is -0.497 e. The Morgan fingerprint density at radius 3 is 2.60 bits per heavy atom. The van der Waals surface area contributed by atoms with Crippen LogP contribution in [0.25, 0.3) is 0 Å². The van der Waals surface area contributed by atoms with E-state index in [2.05, 4.69) is 5.32 Å². The molecule has 5 nitrogen and oxygen atoms in total. The molecular weight excluding hydrogens is 383 g/mol. The number of fused-ring (bicyclic) bond motifs is 1. The van der Waals surface area contributed by atoms with Gasteiger partial charge in [-0.1, -0.05) is 25.0 Å². The summed E-state index contributed by atoms with van der Waals surface area (Å²) in [6.45, 7) is 1.02. The average molecular weight is 414 g/mol. The van der Waals surface area contributed by atoms with Gasteiger partial charge in [-0.2, -0.15) is 0 Å². The molecule has 1 aliphatic carbocycles. The van der Waals surface area contributed by atoms with Crippen molar-refractivity contribution in [2.45, 2.75) is 43.7 Å². The number of quaternary nitrogens is 1. The van der Waals surface area contributed by atoms with Crippen LogP contribution in [0.3, 0.4) is 0 Å². The first-order valence-corrected chi connectivity index (χ1v) is 10.7. The Kier molecular flexibility index (Phi) is 6.06. The number of nitrogens with one attached hydrogen (secondary N) is 2. The summed E-state index contributed by atoms with van der Waals surface area (Å²) in [6.07, 6.45) is 4.55. The minimum atomic E-state index is -0.687. The number of hydrogen-bond acceptors (Lipinski definition) is 3. The summed E-state index contributed by atoms with van der Waals surface area (Å²) < 4.78 is 18.7. The molecule has 2 fully saturated rings. The normalized spacial score (nSPS) is 28.4. The zero-order chi connectivity index (χ0) is 21.1. The van der Waals surface area contributed by atoms with Crippen molar-refractivity contribution >= 4 is 11.6 Å². The smallest absolute Gasteiger partial charge is 0.279 e. The third kappa shape index (κ3) is 4.35. The van der Waals surface area contributed by atoms with E-state index in [0.717, 1.165) is 47.6 Å². The second-order valence-corrected chi connectivity index (χ2v) is 8.60. The van der Waals surface area contributed by atoms with Crippen LogP contribution in [0.2, 0.25) is 0 Å². The van der Waals surface area contributed by atoms with Crippen molar-refractivity contribution in [1.29, 1.82) is 0 Å². The van der Waals surface area contributed by atoms with E-state index in [1.54, 1.807) is 7.11 Å². The van der Waals surface area contributed by atoms with E-state index in [1.807, 2.05) is 36.4 Å². The van der Waals surface area contributed by atoms with E-state index in [9.17, 15) is 14.3 Å². The van der Waals surface area contributed by atoms with Crippen LogP contribution in [0.4, 0.5) is 10.1 Å². The Hall–Kier alpha value is -2.44. The molecule has 1 heterocycles. The van der Waals surface area contributed by atoms with Crippen molar-refractivity contribution in [1.82, 2.24) is 0 Å². The lowest BCUT2D eigenvalue weighted by Gasteiger charge is -2.50. The van der Waals surface area contributed by atoms with E-state index in [0.29, 0.717) is 19.5 Å². The largest absolute Gasteiger partial charge is 0.497 e. The molecule has 4 atom stereocenters. The van der Waals surface area contributed by atoms with Gasteiger partial charge in [0, 0.05) is 23.6 Å². The van der Waals surface area contributed by atoms with Gasteiger partial charge in [0.2, 0.25) is 0 Å². The standard InChI is InChI=1S/C24H29FN2O3/c1-30-20-11-9-19(10-12-20)26-22(28)16-27-15-14-24(29)13-3-2-4-21(24)23(27)17-5-7-18(25)8-6-17/h5-12,21,23,29H,2-4,13-16H2,1H3,(H,26,28)/p+1/t21-,23+,24+/m1/s1. The molecule has 6 heteroatoms. The molecular formula is C24H30FN2O3+. The maximum absolute atomic E-state index is 13.5. The highest BCUT2D eigenvalue weighted by molar-refractivity contribution is 5.91. The predicted octanol–water partition coefficient (Wildman–Crippen LogP) is 2.72. The zero-order valence-electron chi connectivity index (χ0n) is 17.4. The molecule has 1 saturated heterocycles. The molecule has 2 aliphatic rings. The summed E-state index contributed by atoms with van der Waals surface area (Å²) in [7, 11) is 1.61. The highest BCUT2D eigenvalue weighted by Crippen LogP contribution is 2.44. The molecule has 0 bridgehead atoms. The fourth-order valence-electron chi connectivity index (χ4n) is 5.28. The van der Waals surface area contributed by atoms with Gasteiger partial charge in [0.05, 0.1) is 19.3 Å². The van der Waals surface area contributed by atoms with Crippen LogP contribution >= 0.6 is 0 Å². The van der Waals surface area contributed by atoms with Crippen molar-refractivity contribution in [2.24, 2.45) is 5.92 Å². The van der Waals surface area contributed by atoms with Gasteiger partial charge in [0.1, 0.15) is 17.6 Å². The number of likely N-dealkylation sites (tertiary alicyclic amines) is 1. The van der Waals surface area contributed by atoms with Gasteiger partial charge < -0.3 is 20.1 Å². The number of aliphatic hydroxyl groups is 1. The summed E-state index contributed by atoms with van der Waals surface area (Å²) in [6, 6.07) is 13.8. The maximum atomic E-state index is 13.5. The van der Waals surface area contributed by atoms with E-state index < -0.39 is 5.60 Å². The number of methoxy groups -OCH3 is 1. The van der Waals surface area contributed by atoms with E-state index in [-0.39, 0.29) is 23.7 Å². The fourth-order valence-corrected chi connectivity index (χ4v) is 5.28. The molecule has 2 aromatic carbocycles. The van der Waals surface area contributed by atoms with Crippen molar-refractivity contribution in [2.75, 3.05) is 25.5 Å². The molecule has 4 rings (SSSR count). The van der Waals surface area contributed by atoms with Crippen molar-refractivity contribution in [3.05, 3.63) is 59.9 Å². The number of amides is 1. The first-order valence-electron chi connectivity index (χ1n) is 10.7. The monoisotopic (exact) mass is 413 g/mol. The molecule has 1 unspecified atom stereocenters. The van der Waals surface area contributed by atoms with Gasteiger partial charge in [-0.15, -0.1) is 0 Å². The van der Waals surface area contributed by atoms with Gasteiger partial charge in [-0.05, 0) is 49.2 Å². The number of piperidine rings is 1. The van der Waals surface area contributed by atoms with E-state index in [4.69, 9.17) is 4.74 Å². The quantitative estimate of drug-likeness (QED) is 0.706. The molecule has 0 spiro atoms. The van der Waals surface area contributed by atoms with Crippen LogP contribution in [0, 0.1) is 11.7 Å². The van der Waals surface area contributed by atoms with Crippen LogP contribution in [0.1, 0.15) is 43.7 Å². The highest BCUT2D eigenvalue weighted by atomic mass is 19.1. The molecule has 0 aromatic heterocycles. The number of carbonyl (C=O) groups excluding carboxylic acids is 1. The van der Waals surface area contributed by atoms with Crippen LogP contribution in [0.5, 0.6) is 5.75 Å². The van der Waals surface area contributed by atoms with Crippen molar-refractivity contribution in [3.8, 4) is 5.75 Å². The number of anilines is 1. The second-order valence-electron chi connectivity index (χ2n) is 8.60. The summed E-state index contributed by atoms with van der Waals surface area (Å²) in [4.78, 5) is 13.9. The molecule has 2 aromatic rings. The van der Waals surface area contributed by atoms with Crippen LogP contribution in [-0.4, -0.2) is 36.8 Å². The zero-order valence-corrected chi connectivity index (χ0v) is 17.4. The Bertz CT molecular complexity index is 871. The van der Waals surface area contributed by atoms with Crippen LogP contribution < -0.4 is 15.0 Å². The molecule has 1 amide bonds. The summed E-state index contributed by atoms with van der Waals surface area (Å²) in [5.41, 5.74) is 1.03. The number of carbonyl (C=O) groups is 1. The Morgan fingerprint density at radius 2 is 1.90 bits per heavy atom. The molecule has 30 heavy (non-hydrogen) atoms. The molecule has 0 radical (unpaired) electrons. The van der Waals surface area contributed by atoms with Crippen molar-refractivity contribution < 1.29 is 23.9 Å². The number of rotatable bonds is 5. The molecule has 3 N–H and O–H groups in total. The van der Waals surface area contributed by atoms with Crippen LogP contribution in [0.15, 0.2) is 48.5 Å². The van der Waals surface area contributed by atoms with Gasteiger partial charge >= 0.3 is 0 Å². The molecule has 1 saturated carbocycles. The SMILES string of the molecule is COc1ccc(NC(=O)C[NH+]2CC[C@@]3(O)CCCC[C@@H]3[C@@H]2c2ccc(F)cc2)cc1. The summed E-state index contributed by atoms with van der Waals surface area (Å²) in [5.74, 6) is 0.479. The minimum absolute atomic E-state index is 0.0220. The Balaban J connectivity index is 1.53. The highest BCUT2D eigenvalue weighted by Gasteiger charge is 2.51. The third-order valence-electron chi connectivity index (χ3n) is 6.78. The number of halogens is 1. The summed E-state index contributed by atoms with van der Waals surface area (Å²) in [5, 5.41) is 14.3. The lowest BCUT2D eigenvalue weighted by Crippen LogP contribution is -3.16. The summed E-state index contributed by atoms with van der Waals surface area (Å²) >= 11 is 0. The van der Waals surface area contributed by atoms with Gasteiger partial charge in [-0.25, -0.2) is 4.39 Å². The van der Waals surface area contributed by atoms with E-state index >= 15 is 0 Å². The molecule has 1 aliphatic heterocycles. The molecule has 160 valence electrons. The van der Waals surface area contributed by atoms with Gasteiger partial charge in [-0.3, -0.25) is 4.79 Å². The lowest BCUT2D eigenvalue weighted by molar-refractivity contribution is -0.937. The van der Waals surface area contributed by atoms with Crippen molar-refractivity contribution in [3.63, 3.8) is 0 Å². The topological polar surface area (TPSA) is 63.0 Å². The Labute approximate surface area is 176 Å². The third-order valence-corrected chi connectivity index (χ3v) is 6.78. The van der Waals surface area contributed by atoms with Crippen LogP contribution in [-0.2, 0) is 4.79 Å². The Morgan fingerprint density at radius 1 is 1.17 bits per heavy atom. The number of benzene rings is 2. The first kappa shape index (κ1) is 20.8.